The third kappa shape index (κ3) is 7.52. The van der Waals surface area contributed by atoms with Gasteiger partial charge in [-0.2, -0.15) is 0 Å². The van der Waals surface area contributed by atoms with Gasteiger partial charge in [0.2, 0.25) is 0 Å². The number of carbonyl (C=O) groups is 1. The van der Waals surface area contributed by atoms with Crippen LogP contribution in [0.2, 0.25) is 0 Å². The summed E-state index contributed by atoms with van der Waals surface area (Å²) in [6.45, 7) is 1.09. The zero-order valence-corrected chi connectivity index (χ0v) is 19.5. The molecule has 1 amide bonds. The third-order valence-corrected chi connectivity index (χ3v) is 4.19. The van der Waals surface area contributed by atoms with Crippen molar-refractivity contribution in [1.29, 1.82) is 0 Å². The molecular formula is C21H28FIN4O2. The fourth-order valence-electron chi connectivity index (χ4n) is 2.67. The van der Waals surface area contributed by atoms with Crippen LogP contribution in [-0.4, -0.2) is 51.6 Å². The lowest BCUT2D eigenvalue weighted by Crippen LogP contribution is -2.37. The van der Waals surface area contributed by atoms with Crippen LogP contribution in [-0.2, 0) is 13.0 Å². The first-order valence-corrected chi connectivity index (χ1v) is 9.02. The molecule has 0 aliphatic rings. The quantitative estimate of drug-likeness (QED) is 0.339. The van der Waals surface area contributed by atoms with E-state index in [-0.39, 0.29) is 35.6 Å². The molecule has 6 nitrogen and oxygen atoms in total. The average molecular weight is 514 g/mol. The Morgan fingerprint density at radius 3 is 2.52 bits per heavy atom. The second-order valence-corrected chi connectivity index (χ2v) is 6.47. The summed E-state index contributed by atoms with van der Waals surface area (Å²) < 4.78 is 18.7. The molecule has 8 heteroatoms. The number of amides is 1. The minimum atomic E-state index is -0.392. The molecule has 0 spiro atoms. The van der Waals surface area contributed by atoms with E-state index in [2.05, 4.69) is 15.6 Å². The Kier molecular flexibility index (Phi) is 10.4. The van der Waals surface area contributed by atoms with Crippen molar-refractivity contribution in [3.8, 4) is 5.75 Å². The van der Waals surface area contributed by atoms with E-state index in [9.17, 15) is 9.18 Å². The standard InChI is InChI=1S/C21H27FN4O2.HI/c1-23-21(25-14-16-8-9-19(28-4)18(22)13-16)24-11-10-15-6-5-7-17(12-15)20(27)26(2)3;/h5-9,12-13H,10-11,14H2,1-4H3,(H2,23,24,25);1H. The van der Waals surface area contributed by atoms with Crippen LogP contribution in [0.3, 0.4) is 0 Å². The molecule has 0 aliphatic carbocycles. The molecule has 2 N–H and O–H groups in total. The average Bonchev–Trinajstić information content (AvgIpc) is 2.70. The van der Waals surface area contributed by atoms with E-state index in [1.165, 1.54) is 13.2 Å². The van der Waals surface area contributed by atoms with Gasteiger partial charge in [-0.25, -0.2) is 4.39 Å². The van der Waals surface area contributed by atoms with Gasteiger partial charge in [-0.1, -0.05) is 18.2 Å². The summed E-state index contributed by atoms with van der Waals surface area (Å²) >= 11 is 0. The van der Waals surface area contributed by atoms with Gasteiger partial charge >= 0.3 is 0 Å². The van der Waals surface area contributed by atoms with E-state index in [1.54, 1.807) is 38.2 Å². The second kappa shape index (κ2) is 12.3. The van der Waals surface area contributed by atoms with Crippen molar-refractivity contribution in [3.05, 3.63) is 65.0 Å². The fourth-order valence-corrected chi connectivity index (χ4v) is 2.67. The van der Waals surface area contributed by atoms with Gasteiger partial charge in [-0.15, -0.1) is 24.0 Å². The highest BCUT2D eigenvalue weighted by Crippen LogP contribution is 2.17. The number of ether oxygens (including phenoxy) is 1. The molecule has 0 fully saturated rings. The fraction of sp³-hybridized carbons (Fsp3) is 0.333. The SMILES string of the molecule is CN=C(NCCc1cccc(C(=O)N(C)C)c1)NCc1ccc(OC)c(F)c1.I. The zero-order chi connectivity index (χ0) is 20.5. The van der Waals surface area contributed by atoms with Gasteiger partial charge in [0, 0.05) is 39.8 Å². The van der Waals surface area contributed by atoms with Crippen LogP contribution >= 0.6 is 24.0 Å². The van der Waals surface area contributed by atoms with Crippen molar-refractivity contribution in [2.75, 3.05) is 34.8 Å². The van der Waals surface area contributed by atoms with Crippen molar-refractivity contribution >= 4 is 35.8 Å². The van der Waals surface area contributed by atoms with E-state index >= 15 is 0 Å². The monoisotopic (exact) mass is 514 g/mol. The van der Waals surface area contributed by atoms with Crippen molar-refractivity contribution < 1.29 is 13.9 Å². The zero-order valence-electron chi connectivity index (χ0n) is 17.2. The van der Waals surface area contributed by atoms with Gasteiger partial charge in [-0.05, 0) is 41.8 Å². The molecule has 29 heavy (non-hydrogen) atoms. The van der Waals surface area contributed by atoms with E-state index in [0.29, 0.717) is 24.6 Å². The first-order valence-electron chi connectivity index (χ1n) is 9.02. The number of hydrogen-bond donors (Lipinski definition) is 2. The lowest BCUT2D eigenvalue weighted by atomic mass is 10.1. The molecule has 0 heterocycles. The van der Waals surface area contributed by atoms with E-state index in [0.717, 1.165) is 17.5 Å². The summed E-state index contributed by atoms with van der Waals surface area (Å²) in [5.41, 5.74) is 2.52. The van der Waals surface area contributed by atoms with Gasteiger partial charge in [0.15, 0.2) is 17.5 Å². The van der Waals surface area contributed by atoms with Gasteiger partial charge in [0.05, 0.1) is 7.11 Å². The highest BCUT2D eigenvalue weighted by atomic mass is 127. The third-order valence-electron chi connectivity index (χ3n) is 4.19. The number of carbonyl (C=O) groups excluding carboxylic acids is 1. The van der Waals surface area contributed by atoms with Crippen LogP contribution in [0.1, 0.15) is 21.5 Å². The second-order valence-electron chi connectivity index (χ2n) is 6.47. The van der Waals surface area contributed by atoms with Gasteiger partial charge in [-0.3, -0.25) is 9.79 Å². The molecule has 0 bridgehead atoms. The predicted octanol–water partition coefficient (Wildman–Crippen LogP) is 3.06. The Morgan fingerprint density at radius 1 is 1.14 bits per heavy atom. The Morgan fingerprint density at radius 2 is 1.90 bits per heavy atom. The van der Waals surface area contributed by atoms with Gasteiger partial charge in [0.1, 0.15) is 0 Å². The number of nitrogens with one attached hydrogen (secondary N) is 2. The molecular weight excluding hydrogens is 486 g/mol. The topological polar surface area (TPSA) is 66.0 Å². The molecule has 0 radical (unpaired) electrons. The van der Waals surface area contributed by atoms with Crippen LogP contribution < -0.4 is 15.4 Å². The van der Waals surface area contributed by atoms with Crippen LogP contribution in [0.15, 0.2) is 47.5 Å². The molecule has 0 aromatic heterocycles. The summed E-state index contributed by atoms with van der Waals surface area (Å²) in [5, 5.41) is 6.37. The number of guanidine groups is 1. The van der Waals surface area contributed by atoms with Crippen molar-refractivity contribution in [2.24, 2.45) is 4.99 Å². The number of benzene rings is 2. The number of hydrogen-bond acceptors (Lipinski definition) is 3. The maximum atomic E-state index is 13.8. The molecule has 2 aromatic carbocycles. The van der Waals surface area contributed by atoms with Crippen LogP contribution in [0.5, 0.6) is 5.75 Å². The summed E-state index contributed by atoms with van der Waals surface area (Å²) in [6.07, 6.45) is 0.742. The molecule has 0 atom stereocenters. The van der Waals surface area contributed by atoms with E-state index in [1.807, 2.05) is 24.3 Å². The maximum absolute atomic E-state index is 13.8. The molecule has 0 saturated carbocycles. The first kappa shape index (κ1) is 24.7. The Labute approximate surface area is 188 Å². The smallest absolute Gasteiger partial charge is 0.253 e. The Hall–Kier alpha value is -2.36. The maximum Gasteiger partial charge on any atom is 0.253 e. The lowest BCUT2D eigenvalue weighted by molar-refractivity contribution is 0.0827. The molecule has 0 saturated heterocycles. The number of halogens is 2. The predicted molar refractivity (Wildman–Crippen MR) is 125 cm³/mol. The Bertz CT molecular complexity index is 843. The van der Waals surface area contributed by atoms with Crippen molar-refractivity contribution in [3.63, 3.8) is 0 Å². The van der Waals surface area contributed by atoms with Gasteiger partial charge < -0.3 is 20.3 Å². The van der Waals surface area contributed by atoms with Crippen LogP contribution in [0, 0.1) is 5.82 Å². The van der Waals surface area contributed by atoms with Crippen molar-refractivity contribution in [2.45, 2.75) is 13.0 Å². The number of nitrogens with zero attached hydrogens (tertiary/aromatic N) is 2. The normalized spacial score (nSPS) is 10.7. The van der Waals surface area contributed by atoms with Crippen LogP contribution in [0.25, 0.3) is 0 Å². The largest absolute Gasteiger partial charge is 0.494 e. The molecule has 2 rings (SSSR count). The minimum Gasteiger partial charge on any atom is -0.494 e. The molecule has 2 aromatic rings. The minimum absolute atomic E-state index is 0. The van der Waals surface area contributed by atoms with Gasteiger partial charge in [0.25, 0.3) is 5.91 Å². The summed E-state index contributed by atoms with van der Waals surface area (Å²) in [7, 11) is 6.59. The molecule has 0 unspecified atom stereocenters. The number of methoxy groups -OCH3 is 1. The molecule has 158 valence electrons. The summed E-state index contributed by atoms with van der Waals surface area (Å²) in [6, 6.07) is 12.4. The summed E-state index contributed by atoms with van der Waals surface area (Å²) in [4.78, 5) is 17.8. The number of aliphatic imine (C=N–C) groups is 1. The highest BCUT2D eigenvalue weighted by molar-refractivity contribution is 14.0. The van der Waals surface area contributed by atoms with E-state index < -0.39 is 5.82 Å². The Balaban J connectivity index is 0.00000420. The first-order chi connectivity index (χ1) is 13.4. The molecule has 0 aliphatic heterocycles. The number of rotatable bonds is 7. The summed E-state index contributed by atoms with van der Waals surface area (Å²) in [5.74, 6) is 0.439. The lowest BCUT2D eigenvalue weighted by Gasteiger charge is -2.13. The van der Waals surface area contributed by atoms with E-state index in [4.69, 9.17) is 4.74 Å². The highest BCUT2D eigenvalue weighted by Gasteiger charge is 2.08. The van der Waals surface area contributed by atoms with Crippen molar-refractivity contribution in [1.82, 2.24) is 15.5 Å². The van der Waals surface area contributed by atoms with Crippen LogP contribution in [0.4, 0.5) is 4.39 Å².